The summed E-state index contributed by atoms with van der Waals surface area (Å²) in [6, 6.07) is 4.50. The van der Waals surface area contributed by atoms with Crippen LogP contribution < -0.4 is 5.32 Å². The molecular weight excluding hydrogens is 310 g/mol. The van der Waals surface area contributed by atoms with Crippen molar-refractivity contribution >= 4 is 17.3 Å². The number of carbonyl (C=O) groups is 1. The van der Waals surface area contributed by atoms with Crippen molar-refractivity contribution in [2.75, 3.05) is 11.9 Å². The summed E-state index contributed by atoms with van der Waals surface area (Å²) in [5.74, 6) is -0.184. The van der Waals surface area contributed by atoms with Gasteiger partial charge in [0, 0.05) is 12.1 Å². The van der Waals surface area contributed by atoms with E-state index in [1.54, 1.807) is 26.0 Å². The van der Waals surface area contributed by atoms with Crippen LogP contribution in [0.3, 0.4) is 0 Å². The maximum absolute atomic E-state index is 12.6. The van der Waals surface area contributed by atoms with Crippen LogP contribution in [0.2, 0.25) is 0 Å². The highest BCUT2D eigenvalue weighted by molar-refractivity contribution is 5.95. The number of nitrogens with zero attached hydrogens (tertiary/aromatic N) is 2. The van der Waals surface area contributed by atoms with E-state index in [9.17, 15) is 20.0 Å². The summed E-state index contributed by atoms with van der Waals surface area (Å²) in [5, 5.41) is 23.4. The van der Waals surface area contributed by atoms with Gasteiger partial charge in [-0.05, 0) is 52.6 Å². The smallest absolute Gasteiger partial charge is 0.274 e. The van der Waals surface area contributed by atoms with Crippen LogP contribution in [0.25, 0.3) is 0 Å². The monoisotopic (exact) mass is 335 g/mol. The standard InChI is InChI=1S/C17H25N3O4/c1-11(21)10-14-6-5-9-19(14)13(3)17(22)18-15-7-4-8-16(12(15)2)20(23)24/h4,7-8,11,13-14,21H,5-6,9-10H2,1-3H3,(H,18,22). The summed E-state index contributed by atoms with van der Waals surface area (Å²) in [7, 11) is 0. The molecule has 0 aromatic heterocycles. The van der Waals surface area contributed by atoms with Crippen molar-refractivity contribution in [2.45, 2.75) is 58.2 Å². The van der Waals surface area contributed by atoms with E-state index in [2.05, 4.69) is 10.2 Å². The zero-order chi connectivity index (χ0) is 17.9. The highest BCUT2D eigenvalue weighted by atomic mass is 16.6. The first kappa shape index (κ1) is 18.4. The average Bonchev–Trinajstić information content (AvgIpc) is 2.95. The van der Waals surface area contributed by atoms with Gasteiger partial charge in [0.1, 0.15) is 0 Å². The summed E-state index contributed by atoms with van der Waals surface area (Å²) in [4.78, 5) is 25.2. The van der Waals surface area contributed by atoms with E-state index in [-0.39, 0.29) is 23.7 Å². The summed E-state index contributed by atoms with van der Waals surface area (Å²) in [6.45, 7) is 6.04. The topological polar surface area (TPSA) is 95.7 Å². The molecule has 0 saturated carbocycles. The quantitative estimate of drug-likeness (QED) is 0.615. The molecule has 24 heavy (non-hydrogen) atoms. The van der Waals surface area contributed by atoms with Crippen molar-refractivity contribution in [3.05, 3.63) is 33.9 Å². The average molecular weight is 335 g/mol. The van der Waals surface area contributed by atoms with Gasteiger partial charge in [0.15, 0.2) is 0 Å². The number of aliphatic hydroxyl groups is 1. The number of nitro groups is 1. The normalized spacial score (nSPS) is 20.6. The van der Waals surface area contributed by atoms with Crippen molar-refractivity contribution in [2.24, 2.45) is 0 Å². The fourth-order valence-electron chi connectivity index (χ4n) is 3.36. The minimum Gasteiger partial charge on any atom is -0.393 e. The molecular formula is C17H25N3O4. The number of benzene rings is 1. The fourth-order valence-corrected chi connectivity index (χ4v) is 3.36. The lowest BCUT2D eigenvalue weighted by Gasteiger charge is -2.30. The third-order valence-corrected chi connectivity index (χ3v) is 4.67. The maximum Gasteiger partial charge on any atom is 0.274 e. The summed E-state index contributed by atoms with van der Waals surface area (Å²) in [5.41, 5.74) is 0.908. The molecule has 3 unspecified atom stereocenters. The van der Waals surface area contributed by atoms with Crippen LogP contribution in [-0.2, 0) is 4.79 Å². The molecule has 1 aliphatic rings. The largest absolute Gasteiger partial charge is 0.393 e. The molecule has 1 saturated heterocycles. The minimum absolute atomic E-state index is 0.00592. The van der Waals surface area contributed by atoms with Gasteiger partial charge in [0.05, 0.1) is 28.3 Å². The molecule has 0 spiro atoms. The number of nitro benzene ring substituents is 1. The molecule has 1 fully saturated rings. The van der Waals surface area contributed by atoms with Crippen LogP contribution in [-0.4, -0.2) is 45.6 Å². The second-order valence-corrected chi connectivity index (χ2v) is 6.49. The van der Waals surface area contributed by atoms with Crippen LogP contribution in [0.4, 0.5) is 11.4 Å². The maximum atomic E-state index is 12.6. The van der Waals surface area contributed by atoms with Crippen molar-refractivity contribution < 1.29 is 14.8 Å². The van der Waals surface area contributed by atoms with E-state index in [0.717, 1.165) is 19.4 Å². The lowest BCUT2D eigenvalue weighted by Crippen LogP contribution is -2.45. The second kappa shape index (κ2) is 7.72. The van der Waals surface area contributed by atoms with Gasteiger partial charge in [-0.2, -0.15) is 0 Å². The van der Waals surface area contributed by atoms with E-state index >= 15 is 0 Å². The lowest BCUT2D eigenvalue weighted by molar-refractivity contribution is -0.385. The second-order valence-electron chi connectivity index (χ2n) is 6.49. The Morgan fingerprint density at radius 1 is 1.50 bits per heavy atom. The van der Waals surface area contributed by atoms with E-state index in [1.165, 1.54) is 6.07 Å². The van der Waals surface area contributed by atoms with Crippen molar-refractivity contribution in [1.82, 2.24) is 4.90 Å². The number of rotatable bonds is 6. The third-order valence-electron chi connectivity index (χ3n) is 4.67. The van der Waals surface area contributed by atoms with E-state index in [4.69, 9.17) is 0 Å². The Morgan fingerprint density at radius 2 is 2.21 bits per heavy atom. The Kier molecular flexibility index (Phi) is 5.90. The third kappa shape index (κ3) is 4.10. The zero-order valence-corrected chi connectivity index (χ0v) is 14.4. The first-order chi connectivity index (χ1) is 11.3. The van der Waals surface area contributed by atoms with Gasteiger partial charge in [0.25, 0.3) is 5.69 Å². The van der Waals surface area contributed by atoms with Crippen LogP contribution in [0, 0.1) is 17.0 Å². The Bertz CT molecular complexity index is 618. The predicted octanol–water partition coefficient (Wildman–Crippen LogP) is 2.47. The molecule has 1 amide bonds. The molecule has 7 heteroatoms. The SMILES string of the molecule is Cc1c(NC(=O)C(C)N2CCCC2CC(C)O)cccc1[N+](=O)[O-]. The Labute approximate surface area is 141 Å². The molecule has 2 rings (SSSR count). The first-order valence-electron chi connectivity index (χ1n) is 8.30. The Balaban J connectivity index is 2.09. The van der Waals surface area contributed by atoms with E-state index in [1.807, 2.05) is 6.92 Å². The van der Waals surface area contributed by atoms with E-state index < -0.39 is 11.0 Å². The molecule has 1 aromatic rings. The minimum atomic E-state index is -0.451. The van der Waals surface area contributed by atoms with Crippen molar-refractivity contribution in [3.63, 3.8) is 0 Å². The van der Waals surface area contributed by atoms with Crippen molar-refractivity contribution in [1.29, 1.82) is 0 Å². The number of amides is 1. The number of aliphatic hydroxyl groups excluding tert-OH is 1. The van der Waals surface area contributed by atoms with Gasteiger partial charge in [0.2, 0.25) is 5.91 Å². The molecule has 0 bridgehead atoms. The lowest BCUT2D eigenvalue weighted by atomic mass is 10.1. The number of anilines is 1. The van der Waals surface area contributed by atoms with Crippen LogP contribution in [0.1, 0.15) is 38.7 Å². The van der Waals surface area contributed by atoms with Gasteiger partial charge in [-0.1, -0.05) is 6.07 Å². The molecule has 1 heterocycles. The summed E-state index contributed by atoms with van der Waals surface area (Å²) in [6.07, 6.45) is 2.22. The van der Waals surface area contributed by atoms with Gasteiger partial charge in [-0.3, -0.25) is 19.8 Å². The Morgan fingerprint density at radius 3 is 2.83 bits per heavy atom. The first-order valence-corrected chi connectivity index (χ1v) is 8.30. The van der Waals surface area contributed by atoms with Gasteiger partial charge < -0.3 is 10.4 Å². The van der Waals surface area contributed by atoms with Crippen molar-refractivity contribution in [3.8, 4) is 0 Å². The molecule has 3 atom stereocenters. The molecule has 7 nitrogen and oxygen atoms in total. The van der Waals surface area contributed by atoms with E-state index in [0.29, 0.717) is 17.7 Å². The van der Waals surface area contributed by atoms with Crippen LogP contribution in [0.5, 0.6) is 0 Å². The highest BCUT2D eigenvalue weighted by Crippen LogP contribution is 2.27. The van der Waals surface area contributed by atoms with Crippen LogP contribution >= 0.6 is 0 Å². The number of carbonyl (C=O) groups excluding carboxylic acids is 1. The highest BCUT2D eigenvalue weighted by Gasteiger charge is 2.32. The van der Waals surface area contributed by atoms with Gasteiger partial charge in [-0.15, -0.1) is 0 Å². The van der Waals surface area contributed by atoms with Gasteiger partial charge >= 0.3 is 0 Å². The molecule has 132 valence electrons. The fraction of sp³-hybridized carbons (Fsp3) is 0.588. The molecule has 2 N–H and O–H groups in total. The number of hydrogen-bond acceptors (Lipinski definition) is 5. The Hall–Kier alpha value is -1.99. The number of likely N-dealkylation sites (tertiary alicyclic amines) is 1. The molecule has 0 radical (unpaired) electrons. The predicted molar refractivity (Wildman–Crippen MR) is 92.0 cm³/mol. The summed E-state index contributed by atoms with van der Waals surface area (Å²) >= 11 is 0. The molecule has 1 aliphatic heterocycles. The zero-order valence-electron chi connectivity index (χ0n) is 14.4. The number of hydrogen-bond donors (Lipinski definition) is 2. The van der Waals surface area contributed by atoms with Crippen LogP contribution in [0.15, 0.2) is 18.2 Å². The van der Waals surface area contributed by atoms with Gasteiger partial charge in [-0.25, -0.2) is 0 Å². The molecule has 1 aromatic carbocycles. The molecule has 0 aliphatic carbocycles. The summed E-state index contributed by atoms with van der Waals surface area (Å²) < 4.78 is 0. The number of nitrogens with one attached hydrogen (secondary N) is 1.